The summed E-state index contributed by atoms with van der Waals surface area (Å²) in [5, 5.41) is 5.42. The van der Waals surface area contributed by atoms with E-state index in [9.17, 15) is 0 Å². The zero-order chi connectivity index (χ0) is 36.8. The molecule has 11 rings (SSSR count). The van der Waals surface area contributed by atoms with E-state index in [0.717, 1.165) is 55.0 Å². The van der Waals surface area contributed by atoms with Crippen LogP contribution in [-0.4, -0.2) is 24.1 Å². The van der Waals surface area contributed by atoms with Crippen molar-refractivity contribution in [1.82, 2.24) is 24.1 Å². The van der Waals surface area contributed by atoms with Crippen LogP contribution in [-0.2, 0) is 6.18 Å². The van der Waals surface area contributed by atoms with Gasteiger partial charge in [0.25, 0.3) is 0 Å². The van der Waals surface area contributed by atoms with Crippen LogP contribution in [0.5, 0.6) is 0 Å². The van der Waals surface area contributed by atoms with E-state index in [1.807, 2.05) is 144 Å². The van der Waals surface area contributed by atoms with Crippen LogP contribution in [0.4, 0.5) is 13.2 Å². The molecule has 0 amide bonds. The van der Waals surface area contributed by atoms with Gasteiger partial charge in [0.2, 0.25) is 5.95 Å². The number of nitrogens with zero attached hydrogens (tertiary/aromatic N) is 5. The van der Waals surface area contributed by atoms with Crippen molar-refractivity contribution in [2.45, 2.75) is 6.18 Å². The molecule has 262 valence electrons. The Kier molecular flexibility index (Phi) is 6.61. The SMILES string of the molecule is FC(F)(F)c1cc(-c2nc(-c3ccccc3)nc(-n3c4ccccc4c4ccccc43)n2)ccc1-n1c2ccccc2c2c3oc4ccccc4c3ccc21. The van der Waals surface area contributed by atoms with Crippen molar-refractivity contribution in [1.29, 1.82) is 0 Å². The van der Waals surface area contributed by atoms with Crippen molar-refractivity contribution in [3.63, 3.8) is 0 Å². The van der Waals surface area contributed by atoms with E-state index in [1.54, 1.807) is 10.6 Å². The summed E-state index contributed by atoms with van der Waals surface area (Å²) in [6, 6.07) is 48.6. The number of halogens is 3. The van der Waals surface area contributed by atoms with Crippen LogP contribution in [0.2, 0.25) is 0 Å². The molecule has 4 heterocycles. The number of fused-ring (bicyclic) bond motifs is 10. The van der Waals surface area contributed by atoms with Crippen LogP contribution < -0.4 is 0 Å². The van der Waals surface area contributed by atoms with Crippen molar-refractivity contribution in [3.05, 3.63) is 163 Å². The molecule has 0 aliphatic carbocycles. The lowest BCUT2D eigenvalue weighted by atomic mass is 10.1. The molecular weight excluding hydrogens is 696 g/mol. The fourth-order valence-electron chi connectivity index (χ4n) is 8.04. The van der Waals surface area contributed by atoms with E-state index in [4.69, 9.17) is 19.4 Å². The third-order valence-corrected chi connectivity index (χ3v) is 10.4. The number of aromatic nitrogens is 5. The average Bonchev–Trinajstić information content (AvgIpc) is 3.88. The molecule has 4 aromatic heterocycles. The molecule has 0 saturated carbocycles. The summed E-state index contributed by atoms with van der Waals surface area (Å²) in [4.78, 5) is 14.6. The Morgan fingerprint density at radius 2 is 1.04 bits per heavy atom. The zero-order valence-electron chi connectivity index (χ0n) is 28.8. The summed E-state index contributed by atoms with van der Waals surface area (Å²) in [5.41, 5.74) is 4.41. The van der Waals surface area contributed by atoms with Crippen LogP contribution >= 0.6 is 0 Å². The Balaban J connectivity index is 1.16. The van der Waals surface area contributed by atoms with Crippen molar-refractivity contribution in [2.24, 2.45) is 0 Å². The number of hydrogen-bond acceptors (Lipinski definition) is 4. The van der Waals surface area contributed by atoms with Gasteiger partial charge in [-0.3, -0.25) is 4.57 Å². The summed E-state index contributed by atoms with van der Waals surface area (Å²) in [5.74, 6) is 0.766. The van der Waals surface area contributed by atoms with Crippen LogP contribution in [0.1, 0.15) is 5.56 Å². The molecule has 0 atom stereocenters. The maximum atomic E-state index is 15.4. The Morgan fingerprint density at radius 3 is 1.73 bits per heavy atom. The molecule has 55 heavy (non-hydrogen) atoms. The van der Waals surface area contributed by atoms with Crippen LogP contribution in [0.3, 0.4) is 0 Å². The number of alkyl halides is 3. The quantitative estimate of drug-likeness (QED) is 0.182. The van der Waals surface area contributed by atoms with Gasteiger partial charge >= 0.3 is 6.18 Å². The lowest BCUT2D eigenvalue weighted by Gasteiger charge is -2.17. The molecule has 0 saturated heterocycles. The standard InChI is InChI=1S/C46H26F3N5O/c47-46(48,49)34-26-28(22-24-38(34)53-37-20-10-6-17-33(37)41-39(53)25-23-32-31-16-7-11-21-40(31)55-42(32)41)44-50-43(27-12-2-1-3-13-27)51-45(52-44)54-35-18-8-4-14-29(35)30-15-5-9-19-36(30)54/h1-26H. The van der Waals surface area contributed by atoms with Crippen LogP contribution in [0, 0.1) is 0 Å². The molecule has 0 aliphatic heterocycles. The fourth-order valence-corrected chi connectivity index (χ4v) is 8.04. The summed E-state index contributed by atoms with van der Waals surface area (Å²) >= 11 is 0. The van der Waals surface area contributed by atoms with Gasteiger partial charge in [0.1, 0.15) is 11.2 Å². The van der Waals surface area contributed by atoms with Gasteiger partial charge in [-0.25, -0.2) is 4.98 Å². The molecule has 0 radical (unpaired) electrons. The van der Waals surface area contributed by atoms with E-state index in [2.05, 4.69) is 0 Å². The molecule has 0 aliphatic rings. The summed E-state index contributed by atoms with van der Waals surface area (Å²) in [7, 11) is 0. The first-order valence-corrected chi connectivity index (χ1v) is 17.8. The largest absolute Gasteiger partial charge is 0.455 e. The molecule has 0 spiro atoms. The number of rotatable bonds is 4. The maximum Gasteiger partial charge on any atom is 0.418 e. The number of hydrogen-bond donors (Lipinski definition) is 0. The molecule has 7 aromatic carbocycles. The first kappa shape index (κ1) is 31.3. The van der Waals surface area contributed by atoms with Crippen molar-refractivity contribution < 1.29 is 17.6 Å². The second-order valence-corrected chi connectivity index (χ2v) is 13.5. The van der Waals surface area contributed by atoms with Gasteiger partial charge in [-0.2, -0.15) is 23.1 Å². The van der Waals surface area contributed by atoms with Gasteiger partial charge in [-0.1, -0.05) is 103 Å². The minimum absolute atomic E-state index is 0.0159. The normalized spacial score (nSPS) is 12.3. The molecular formula is C46H26F3N5O. The third kappa shape index (κ3) is 4.72. The highest BCUT2D eigenvalue weighted by Gasteiger charge is 2.36. The van der Waals surface area contributed by atoms with E-state index < -0.39 is 11.7 Å². The van der Waals surface area contributed by atoms with E-state index in [1.165, 1.54) is 6.07 Å². The summed E-state index contributed by atoms with van der Waals surface area (Å²) in [6.45, 7) is 0. The van der Waals surface area contributed by atoms with Gasteiger partial charge in [-0.05, 0) is 54.6 Å². The first-order chi connectivity index (χ1) is 26.9. The molecule has 9 heteroatoms. The molecule has 0 fully saturated rings. The summed E-state index contributed by atoms with van der Waals surface area (Å²) in [6.07, 6.45) is -4.72. The van der Waals surface area contributed by atoms with Gasteiger partial charge in [-0.15, -0.1) is 0 Å². The molecule has 6 nitrogen and oxygen atoms in total. The Labute approximate surface area is 310 Å². The lowest BCUT2D eigenvalue weighted by Crippen LogP contribution is -2.12. The van der Waals surface area contributed by atoms with Gasteiger partial charge < -0.3 is 8.98 Å². The van der Waals surface area contributed by atoms with Crippen LogP contribution in [0.25, 0.3) is 100.0 Å². The van der Waals surface area contributed by atoms with Gasteiger partial charge in [0.15, 0.2) is 11.6 Å². The minimum Gasteiger partial charge on any atom is -0.455 e. The monoisotopic (exact) mass is 721 g/mol. The highest BCUT2D eigenvalue weighted by molar-refractivity contribution is 6.23. The Morgan fingerprint density at radius 1 is 0.455 bits per heavy atom. The van der Waals surface area contributed by atoms with Crippen LogP contribution in [0.15, 0.2) is 162 Å². The first-order valence-electron chi connectivity index (χ1n) is 17.8. The fraction of sp³-hybridized carbons (Fsp3) is 0.0217. The minimum atomic E-state index is -4.72. The molecule has 11 aromatic rings. The van der Waals surface area contributed by atoms with Gasteiger partial charge in [0.05, 0.1) is 38.7 Å². The van der Waals surface area contributed by atoms with Crippen molar-refractivity contribution in [2.75, 3.05) is 0 Å². The molecule has 0 bridgehead atoms. The van der Waals surface area contributed by atoms with E-state index >= 15 is 13.2 Å². The molecule has 0 N–H and O–H groups in total. The maximum absolute atomic E-state index is 15.4. The second kappa shape index (κ2) is 11.6. The highest BCUT2D eigenvalue weighted by Crippen LogP contribution is 2.44. The lowest BCUT2D eigenvalue weighted by molar-refractivity contribution is -0.137. The van der Waals surface area contributed by atoms with E-state index in [0.29, 0.717) is 34.0 Å². The number of furan rings is 1. The Bertz CT molecular complexity index is 3270. The Hall–Kier alpha value is -7.26. The second-order valence-electron chi connectivity index (χ2n) is 13.5. The molecule has 0 unspecified atom stereocenters. The third-order valence-electron chi connectivity index (χ3n) is 10.4. The van der Waals surface area contributed by atoms with E-state index in [-0.39, 0.29) is 17.1 Å². The van der Waals surface area contributed by atoms with Crippen molar-refractivity contribution in [3.8, 4) is 34.4 Å². The average molecular weight is 722 g/mol. The highest BCUT2D eigenvalue weighted by atomic mass is 19.4. The summed E-state index contributed by atoms with van der Waals surface area (Å²) < 4.78 is 56.3. The van der Waals surface area contributed by atoms with Gasteiger partial charge in [0, 0.05) is 38.1 Å². The number of para-hydroxylation sites is 4. The number of benzene rings is 7. The predicted octanol–water partition coefficient (Wildman–Crippen LogP) is 12.3. The topological polar surface area (TPSA) is 61.7 Å². The smallest absolute Gasteiger partial charge is 0.418 e. The predicted molar refractivity (Wildman–Crippen MR) is 212 cm³/mol. The zero-order valence-corrected chi connectivity index (χ0v) is 28.8. The van der Waals surface area contributed by atoms with Crippen molar-refractivity contribution >= 4 is 65.6 Å².